The van der Waals surface area contributed by atoms with Gasteiger partial charge in [-0.05, 0) is 25.1 Å². The van der Waals surface area contributed by atoms with Crippen molar-refractivity contribution >= 4 is 16.9 Å². The van der Waals surface area contributed by atoms with Gasteiger partial charge in [-0.1, -0.05) is 0 Å². The maximum Gasteiger partial charge on any atom is 0.254 e. The van der Waals surface area contributed by atoms with Gasteiger partial charge in [-0.15, -0.1) is 0 Å². The molecule has 0 radical (unpaired) electrons. The van der Waals surface area contributed by atoms with Crippen LogP contribution in [0.5, 0.6) is 0 Å². The van der Waals surface area contributed by atoms with Crippen LogP contribution in [0.2, 0.25) is 0 Å². The number of nitrogens with zero attached hydrogens (tertiary/aromatic N) is 3. The van der Waals surface area contributed by atoms with Crippen molar-refractivity contribution in [2.75, 3.05) is 32.7 Å². The summed E-state index contributed by atoms with van der Waals surface area (Å²) >= 11 is 0. The molecule has 2 N–H and O–H groups in total. The Balaban J connectivity index is 1.66. The number of amides is 1. The third kappa shape index (κ3) is 3.06. The number of aliphatic hydroxyl groups excluding tert-OH is 1. The average molecular weight is 288 g/mol. The van der Waals surface area contributed by atoms with Gasteiger partial charge >= 0.3 is 0 Å². The van der Waals surface area contributed by atoms with E-state index in [0.717, 1.165) is 24.1 Å². The summed E-state index contributed by atoms with van der Waals surface area (Å²) < 4.78 is 0. The summed E-state index contributed by atoms with van der Waals surface area (Å²) in [5.74, 6) is 0.0585. The number of benzene rings is 1. The molecule has 6 nitrogen and oxygen atoms in total. The van der Waals surface area contributed by atoms with Crippen LogP contribution in [0.4, 0.5) is 0 Å². The van der Waals surface area contributed by atoms with E-state index < -0.39 is 0 Å². The van der Waals surface area contributed by atoms with Crippen molar-refractivity contribution in [2.24, 2.45) is 0 Å². The molecule has 112 valence electrons. The Hall–Kier alpha value is -1.92. The first-order valence-corrected chi connectivity index (χ1v) is 7.26. The van der Waals surface area contributed by atoms with Crippen molar-refractivity contribution < 1.29 is 9.90 Å². The van der Waals surface area contributed by atoms with E-state index in [0.29, 0.717) is 25.2 Å². The Labute approximate surface area is 123 Å². The molecule has 3 rings (SSSR count). The van der Waals surface area contributed by atoms with E-state index >= 15 is 0 Å². The quantitative estimate of drug-likeness (QED) is 0.872. The van der Waals surface area contributed by atoms with Crippen LogP contribution >= 0.6 is 0 Å². The van der Waals surface area contributed by atoms with Gasteiger partial charge in [0.1, 0.15) is 0 Å². The van der Waals surface area contributed by atoms with Crippen molar-refractivity contribution in [2.45, 2.75) is 13.0 Å². The molecule has 2 aromatic rings. The zero-order valence-corrected chi connectivity index (χ0v) is 12.1. The SMILES string of the molecule is CC(O)CN1CCN(C(=O)c2ccc3nc[nH]c3c2)CC1. The summed E-state index contributed by atoms with van der Waals surface area (Å²) in [5, 5.41) is 9.41. The minimum Gasteiger partial charge on any atom is -0.392 e. The van der Waals surface area contributed by atoms with Crippen LogP contribution in [-0.2, 0) is 0 Å². The number of aliphatic hydroxyl groups is 1. The molecule has 1 aromatic heterocycles. The second-order valence-corrected chi connectivity index (χ2v) is 5.58. The third-order valence-corrected chi connectivity index (χ3v) is 3.85. The third-order valence-electron chi connectivity index (χ3n) is 3.85. The number of fused-ring (bicyclic) bond motifs is 1. The van der Waals surface area contributed by atoms with Crippen LogP contribution in [0.25, 0.3) is 11.0 Å². The number of rotatable bonds is 3. The molecular weight excluding hydrogens is 268 g/mol. The molecule has 1 unspecified atom stereocenters. The fourth-order valence-corrected chi connectivity index (χ4v) is 2.76. The number of hydrogen-bond acceptors (Lipinski definition) is 4. The molecule has 21 heavy (non-hydrogen) atoms. The van der Waals surface area contributed by atoms with Crippen LogP contribution in [0.15, 0.2) is 24.5 Å². The van der Waals surface area contributed by atoms with Crippen LogP contribution in [0.3, 0.4) is 0 Å². The Morgan fingerprint density at radius 1 is 1.38 bits per heavy atom. The van der Waals surface area contributed by atoms with Crippen LogP contribution < -0.4 is 0 Å². The molecule has 2 heterocycles. The molecule has 1 aliphatic heterocycles. The lowest BCUT2D eigenvalue weighted by Crippen LogP contribution is -2.50. The molecule has 0 aliphatic carbocycles. The summed E-state index contributed by atoms with van der Waals surface area (Å²) in [7, 11) is 0. The Kier molecular flexibility index (Phi) is 3.90. The van der Waals surface area contributed by atoms with Crippen LogP contribution in [0.1, 0.15) is 17.3 Å². The molecule has 1 amide bonds. The second-order valence-electron chi connectivity index (χ2n) is 5.58. The molecule has 0 bridgehead atoms. The van der Waals surface area contributed by atoms with E-state index in [-0.39, 0.29) is 12.0 Å². The molecule has 1 fully saturated rings. The van der Waals surface area contributed by atoms with Crippen molar-refractivity contribution in [3.63, 3.8) is 0 Å². The number of hydrogen-bond donors (Lipinski definition) is 2. The topological polar surface area (TPSA) is 72.5 Å². The molecule has 1 atom stereocenters. The van der Waals surface area contributed by atoms with Gasteiger partial charge in [0.2, 0.25) is 0 Å². The maximum atomic E-state index is 12.5. The Bertz CT molecular complexity index is 629. The standard InChI is InChI=1S/C15H20N4O2/c1-11(20)9-18-4-6-19(7-5-18)15(21)12-2-3-13-14(8-12)17-10-16-13/h2-3,8,10-11,20H,4-7,9H2,1H3,(H,16,17). The van der Waals surface area contributed by atoms with E-state index in [1.165, 1.54) is 0 Å². The molecule has 1 aliphatic rings. The fourth-order valence-electron chi connectivity index (χ4n) is 2.76. The predicted octanol–water partition coefficient (Wildman–Crippen LogP) is 0.701. The van der Waals surface area contributed by atoms with E-state index in [4.69, 9.17) is 0 Å². The highest BCUT2D eigenvalue weighted by molar-refractivity contribution is 5.97. The van der Waals surface area contributed by atoms with Gasteiger partial charge in [-0.3, -0.25) is 9.69 Å². The van der Waals surface area contributed by atoms with Gasteiger partial charge in [-0.25, -0.2) is 4.98 Å². The van der Waals surface area contributed by atoms with Crippen LogP contribution in [0, 0.1) is 0 Å². The number of piperazine rings is 1. The first kappa shape index (κ1) is 14.0. The number of aromatic nitrogens is 2. The minimum absolute atomic E-state index is 0.0585. The molecule has 0 saturated carbocycles. The number of aromatic amines is 1. The number of carbonyl (C=O) groups is 1. The van der Waals surface area contributed by atoms with Crippen LogP contribution in [-0.4, -0.2) is 69.6 Å². The lowest BCUT2D eigenvalue weighted by atomic mass is 10.1. The molecular formula is C15H20N4O2. The highest BCUT2D eigenvalue weighted by Gasteiger charge is 2.22. The van der Waals surface area contributed by atoms with Gasteiger partial charge in [0, 0.05) is 38.3 Å². The lowest BCUT2D eigenvalue weighted by molar-refractivity contribution is 0.0554. The summed E-state index contributed by atoms with van der Waals surface area (Å²) in [5.41, 5.74) is 2.44. The highest BCUT2D eigenvalue weighted by atomic mass is 16.3. The van der Waals surface area contributed by atoms with E-state index in [1.807, 2.05) is 23.1 Å². The fraction of sp³-hybridized carbons (Fsp3) is 0.467. The van der Waals surface area contributed by atoms with Gasteiger partial charge in [0.05, 0.1) is 23.5 Å². The monoisotopic (exact) mass is 288 g/mol. The van der Waals surface area contributed by atoms with E-state index in [2.05, 4.69) is 14.9 Å². The largest absolute Gasteiger partial charge is 0.392 e. The zero-order chi connectivity index (χ0) is 14.8. The minimum atomic E-state index is -0.324. The molecule has 1 aromatic carbocycles. The molecule has 1 saturated heterocycles. The number of carbonyl (C=O) groups excluding carboxylic acids is 1. The number of H-pyrrole nitrogens is 1. The number of nitrogens with one attached hydrogen (secondary N) is 1. The average Bonchev–Trinajstić information content (AvgIpc) is 2.94. The van der Waals surface area contributed by atoms with Crippen molar-refractivity contribution in [3.8, 4) is 0 Å². The van der Waals surface area contributed by atoms with Gasteiger partial charge in [0.15, 0.2) is 0 Å². The summed E-state index contributed by atoms with van der Waals surface area (Å²) in [6, 6.07) is 5.54. The summed E-state index contributed by atoms with van der Waals surface area (Å²) in [6.07, 6.45) is 1.31. The molecule has 6 heteroatoms. The van der Waals surface area contributed by atoms with Gasteiger partial charge in [-0.2, -0.15) is 0 Å². The van der Waals surface area contributed by atoms with Crippen molar-refractivity contribution in [1.29, 1.82) is 0 Å². The first-order chi connectivity index (χ1) is 10.1. The number of β-amino-alcohol motifs (C(OH)–C–C–N with tert-alkyl or cyclic N) is 1. The van der Waals surface area contributed by atoms with Crippen molar-refractivity contribution in [3.05, 3.63) is 30.1 Å². The number of imidazole rings is 1. The smallest absolute Gasteiger partial charge is 0.254 e. The lowest BCUT2D eigenvalue weighted by Gasteiger charge is -2.35. The second kappa shape index (κ2) is 5.83. The Morgan fingerprint density at radius 2 is 2.14 bits per heavy atom. The summed E-state index contributed by atoms with van der Waals surface area (Å²) in [4.78, 5) is 23.8. The van der Waals surface area contributed by atoms with Gasteiger partial charge in [0.25, 0.3) is 5.91 Å². The maximum absolute atomic E-state index is 12.5. The zero-order valence-electron chi connectivity index (χ0n) is 12.1. The first-order valence-electron chi connectivity index (χ1n) is 7.26. The Morgan fingerprint density at radius 3 is 2.86 bits per heavy atom. The van der Waals surface area contributed by atoms with Crippen molar-refractivity contribution in [1.82, 2.24) is 19.8 Å². The predicted molar refractivity (Wildman–Crippen MR) is 80.1 cm³/mol. The highest BCUT2D eigenvalue weighted by Crippen LogP contribution is 2.14. The molecule has 0 spiro atoms. The van der Waals surface area contributed by atoms with E-state index in [1.54, 1.807) is 13.3 Å². The normalized spacial score (nSPS) is 18.1. The van der Waals surface area contributed by atoms with Gasteiger partial charge < -0.3 is 15.0 Å². The summed E-state index contributed by atoms with van der Waals surface area (Å²) in [6.45, 7) is 5.48. The van der Waals surface area contributed by atoms with E-state index in [9.17, 15) is 9.90 Å².